The minimum atomic E-state index is -3.24. The molecule has 5 nitrogen and oxygen atoms in total. The van der Waals surface area contributed by atoms with Gasteiger partial charge in [-0.25, -0.2) is 13.4 Å². The van der Waals surface area contributed by atoms with E-state index in [0.29, 0.717) is 16.3 Å². The van der Waals surface area contributed by atoms with Crippen LogP contribution in [0.15, 0.2) is 29.3 Å². The zero-order chi connectivity index (χ0) is 16.6. The maximum atomic E-state index is 12.8. The first-order chi connectivity index (χ1) is 10.9. The molecule has 0 radical (unpaired) electrons. The molecule has 0 saturated carbocycles. The summed E-state index contributed by atoms with van der Waals surface area (Å²) in [4.78, 5) is 19.7. The number of rotatable bonds is 3. The molecule has 1 amide bonds. The summed E-state index contributed by atoms with van der Waals surface area (Å²) in [7, 11) is -3.24. The van der Waals surface area contributed by atoms with Crippen LogP contribution in [0.3, 0.4) is 0 Å². The highest BCUT2D eigenvalue weighted by Gasteiger charge is 2.26. The Bertz CT molecular complexity index is 856. The van der Waals surface area contributed by atoms with E-state index in [1.165, 1.54) is 17.6 Å². The number of benzene rings is 1. The summed E-state index contributed by atoms with van der Waals surface area (Å²) in [6.07, 6.45) is 5.25. The Labute approximate surface area is 139 Å². The Balaban J connectivity index is 1.97. The van der Waals surface area contributed by atoms with Crippen molar-refractivity contribution in [2.45, 2.75) is 31.1 Å². The molecule has 1 aromatic heterocycles. The van der Waals surface area contributed by atoms with E-state index in [-0.39, 0.29) is 5.91 Å². The number of anilines is 1. The van der Waals surface area contributed by atoms with Crippen LogP contribution in [0.1, 0.15) is 33.6 Å². The van der Waals surface area contributed by atoms with Crippen molar-refractivity contribution in [3.05, 3.63) is 39.8 Å². The van der Waals surface area contributed by atoms with Crippen molar-refractivity contribution in [2.24, 2.45) is 0 Å². The average Bonchev–Trinajstić information content (AvgIpc) is 3.01. The summed E-state index contributed by atoms with van der Waals surface area (Å²) in [5.41, 5.74) is 1.72. The summed E-state index contributed by atoms with van der Waals surface area (Å²) < 4.78 is 23.4. The lowest BCUT2D eigenvalue weighted by Gasteiger charge is -2.29. The van der Waals surface area contributed by atoms with Gasteiger partial charge in [0, 0.05) is 18.5 Å². The highest BCUT2D eigenvalue weighted by atomic mass is 32.2. The second-order valence-corrected chi connectivity index (χ2v) is 8.73. The molecule has 122 valence electrons. The molecule has 7 heteroatoms. The molecule has 2 aromatic rings. The standard InChI is InChI=1S/C16H18N2O3S2/c1-3-15-17-10-14(22-15)16(19)18-8-4-5-11-9-12(23(2,20)21)6-7-13(11)18/h6-7,9-10H,3-5,8H2,1-2H3. The van der Waals surface area contributed by atoms with Gasteiger partial charge < -0.3 is 4.90 Å². The van der Waals surface area contributed by atoms with Crippen LogP contribution < -0.4 is 4.90 Å². The molecule has 0 N–H and O–H groups in total. The molecule has 1 aromatic carbocycles. The Hall–Kier alpha value is -1.73. The van der Waals surface area contributed by atoms with Crippen LogP contribution in [0.2, 0.25) is 0 Å². The molecule has 0 spiro atoms. The lowest BCUT2D eigenvalue weighted by Crippen LogP contribution is -2.35. The molecule has 1 aliphatic heterocycles. The van der Waals surface area contributed by atoms with Crippen molar-refractivity contribution in [1.29, 1.82) is 0 Å². The fourth-order valence-electron chi connectivity index (χ4n) is 2.72. The van der Waals surface area contributed by atoms with Crippen LogP contribution in [0.25, 0.3) is 0 Å². The quantitative estimate of drug-likeness (QED) is 0.853. The molecular formula is C16H18N2O3S2. The van der Waals surface area contributed by atoms with Gasteiger partial charge in [0.2, 0.25) is 0 Å². The van der Waals surface area contributed by atoms with E-state index in [2.05, 4.69) is 4.98 Å². The van der Waals surface area contributed by atoms with Crippen molar-refractivity contribution in [2.75, 3.05) is 17.7 Å². The first-order valence-corrected chi connectivity index (χ1v) is 10.2. The number of thiazole rings is 1. The van der Waals surface area contributed by atoms with E-state index in [1.54, 1.807) is 29.3 Å². The molecule has 3 rings (SSSR count). The van der Waals surface area contributed by atoms with Crippen LogP contribution in [0, 0.1) is 0 Å². The number of hydrogen-bond donors (Lipinski definition) is 0. The molecule has 0 saturated heterocycles. The Morgan fingerprint density at radius 2 is 2.17 bits per heavy atom. The minimum absolute atomic E-state index is 0.0599. The maximum absolute atomic E-state index is 12.8. The van der Waals surface area contributed by atoms with Crippen molar-refractivity contribution in [3.63, 3.8) is 0 Å². The van der Waals surface area contributed by atoms with E-state index in [0.717, 1.165) is 35.5 Å². The smallest absolute Gasteiger partial charge is 0.269 e. The minimum Gasteiger partial charge on any atom is -0.307 e. The van der Waals surface area contributed by atoms with Crippen molar-refractivity contribution >= 4 is 32.8 Å². The average molecular weight is 350 g/mol. The van der Waals surface area contributed by atoms with Gasteiger partial charge in [-0.15, -0.1) is 11.3 Å². The summed E-state index contributed by atoms with van der Waals surface area (Å²) in [6.45, 7) is 2.65. The van der Waals surface area contributed by atoms with Crippen LogP contribution >= 0.6 is 11.3 Å². The number of carbonyl (C=O) groups excluding carboxylic acids is 1. The van der Waals surface area contributed by atoms with Crippen LogP contribution in [-0.2, 0) is 22.7 Å². The molecule has 1 aliphatic rings. The van der Waals surface area contributed by atoms with Gasteiger partial charge in [-0.2, -0.15) is 0 Å². The fourth-order valence-corrected chi connectivity index (χ4v) is 4.20. The summed E-state index contributed by atoms with van der Waals surface area (Å²) in [5, 5.41) is 0.943. The van der Waals surface area contributed by atoms with E-state index in [4.69, 9.17) is 0 Å². The molecule has 0 atom stereocenters. The highest BCUT2D eigenvalue weighted by Crippen LogP contribution is 2.31. The van der Waals surface area contributed by atoms with Gasteiger partial charge in [-0.3, -0.25) is 4.79 Å². The number of hydrogen-bond acceptors (Lipinski definition) is 5. The largest absolute Gasteiger partial charge is 0.307 e. The Morgan fingerprint density at radius 3 is 2.83 bits per heavy atom. The van der Waals surface area contributed by atoms with Gasteiger partial charge in [0.1, 0.15) is 4.88 Å². The normalized spacial score (nSPS) is 14.6. The highest BCUT2D eigenvalue weighted by molar-refractivity contribution is 7.90. The second-order valence-electron chi connectivity index (χ2n) is 5.59. The van der Waals surface area contributed by atoms with Crippen molar-refractivity contribution in [3.8, 4) is 0 Å². The van der Waals surface area contributed by atoms with Crippen LogP contribution in [0.5, 0.6) is 0 Å². The zero-order valence-corrected chi connectivity index (χ0v) is 14.7. The summed E-state index contributed by atoms with van der Waals surface area (Å²) in [6, 6.07) is 5.00. The van der Waals surface area contributed by atoms with Crippen molar-refractivity contribution < 1.29 is 13.2 Å². The maximum Gasteiger partial charge on any atom is 0.269 e. The van der Waals surface area contributed by atoms with Crippen LogP contribution in [0.4, 0.5) is 5.69 Å². The zero-order valence-electron chi connectivity index (χ0n) is 13.1. The first-order valence-electron chi connectivity index (χ1n) is 7.49. The number of sulfone groups is 1. The molecular weight excluding hydrogens is 332 g/mol. The molecule has 0 bridgehead atoms. The number of carbonyl (C=O) groups is 1. The van der Waals surface area contributed by atoms with Crippen LogP contribution in [-0.4, -0.2) is 32.1 Å². The number of amides is 1. The van der Waals surface area contributed by atoms with Gasteiger partial charge in [-0.05, 0) is 43.0 Å². The topological polar surface area (TPSA) is 67.3 Å². The molecule has 0 fully saturated rings. The third-order valence-electron chi connectivity index (χ3n) is 3.91. The SMILES string of the molecule is CCc1ncc(C(=O)N2CCCc3cc(S(C)(=O)=O)ccc32)s1. The van der Waals surface area contributed by atoms with Crippen molar-refractivity contribution in [1.82, 2.24) is 4.98 Å². The van der Waals surface area contributed by atoms with E-state index in [9.17, 15) is 13.2 Å². The molecule has 23 heavy (non-hydrogen) atoms. The Morgan fingerprint density at radius 1 is 1.39 bits per heavy atom. The number of fused-ring (bicyclic) bond motifs is 1. The number of aromatic nitrogens is 1. The first kappa shape index (κ1) is 16.1. The van der Waals surface area contributed by atoms with Gasteiger partial charge >= 0.3 is 0 Å². The number of aryl methyl sites for hydroxylation is 2. The molecule has 2 heterocycles. The summed E-state index contributed by atoms with van der Waals surface area (Å²) >= 11 is 1.42. The molecule has 0 unspecified atom stereocenters. The van der Waals surface area contributed by atoms with E-state index >= 15 is 0 Å². The fraction of sp³-hybridized carbons (Fsp3) is 0.375. The lowest BCUT2D eigenvalue weighted by atomic mass is 10.0. The lowest BCUT2D eigenvalue weighted by molar-refractivity contribution is 0.0989. The predicted octanol–water partition coefficient (Wildman–Crippen LogP) is 2.70. The second kappa shape index (κ2) is 6.05. The van der Waals surface area contributed by atoms with E-state index < -0.39 is 9.84 Å². The molecule has 0 aliphatic carbocycles. The third kappa shape index (κ3) is 3.16. The van der Waals surface area contributed by atoms with Gasteiger partial charge in [-0.1, -0.05) is 6.92 Å². The van der Waals surface area contributed by atoms with Gasteiger partial charge in [0.05, 0.1) is 16.1 Å². The number of nitrogens with zero attached hydrogens (tertiary/aromatic N) is 2. The third-order valence-corrected chi connectivity index (χ3v) is 6.15. The summed E-state index contributed by atoms with van der Waals surface area (Å²) in [5.74, 6) is -0.0599. The Kier molecular flexibility index (Phi) is 4.25. The predicted molar refractivity (Wildman–Crippen MR) is 91.0 cm³/mol. The van der Waals surface area contributed by atoms with Gasteiger partial charge in [0.25, 0.3) is 5.91 Å². The van der Waals surface area contributed by atoms with Gasteiger partial charge in [0.15, 0.2) is 9.84 Å². The monoisotopic (exact) mass is 350 g/mol. The van der Waals surface area contributed by atoms with E-state index in [1.807, 2.05) is 6.92 Å².